The Morgan fingerprint density at radius 2 is 2.21 bits per heavy atom. The molecule has 14 heavy (non-hydrogen) atoms. The lowest BCUT2D eigenvalue weighted by Crippen LogP contribution is -2.34. The molecule has 1 saturated carbocycles. The number of ether oxygens (including phenoxy) is 1. The fourth-order valence-electron chi connectivity index (χ4n) is 2.28. The molecule has 84 valence electrons. The third-order valence-electron chi connectivity index (χ3n) is 3.07. The van der Waals surface area contributed by atoms with Crippen molar-refractivity contribution < 1.29 is 9.84 Å². The maximum atomic E-state index is 8.51. The third kappa shape index (κ3) is 3.95. The molecule has 0 spiro atoms. The first-order valence-electron chi connectivity index (χ1n) is 5.80. The van der Waals surface area contributed by atoms with Crippen LogP contribution in [0, 0.1) is 5.92 Å². The van der Waals surface area contributed by atoms with Gasteiger partial charge in [0, 0.05) is 12.6 Å². The van der Waals surface area contributed by atoms with Crippen LogP contribution >= 0.6 is 0 Å². The van der Waals surface area contributed by atoms with E-state index in [2.05, 4.69) is 12.2 Å². The van der Waals surface area contributed by atoms with Gasteiger partial charge in [-0.25, -0.2) is 0 Å². The van der Waals surface area contributed by atoms with Gasteiger partial charge in [-0.1, -0.05) is 19.8 Å². The van der Waals surface area contributed by atoms with Crippen molar-refractivity contribution in [1.29, 1.82) is 0 Å². The van der Waals surface area contributed by atoms with Crippen molar-refractivity contribution in [1.82, 2.24) is 5.32 Å². The topological polar surface area (TPSA) is 41.5 Å². The summed E-state index contributed by atoms with van der Waals surface area (Å²) in [7, 11) is 0. The SMILES string of the molecule is CCC1CCCC1NCCOCCO. The molecule has 1 aliphatic rings. The summed E-state index contributed by atoms with van der Waals surface area (Å²) in [6, 6.07) is 0.706. The lowest BCUT2D eigenvalue weighted by Gasteiger charge is -2.19. The number of rotatable bonds is 7. The molecule has 3 nitrogen and oxygen atoms in total. The highest BCUT2D eigenvalue weighted by Gasteiger charge is 2.24. The summed E-state index contributed by atoms with van der Waals surface area (Å²) >= 11 is 0. The van der Waals surface area contributed by atoms with Gasteiger partial charge in [-0.15, -0.1) is 0 Å². The molecular formula is C11H23NO2. The molecule has 1 aliphatic carbocycles. The van der Waals surface area contributed by atoms with Crippen LogP contribution in [0.1, 0.15) is 32.6 Å². The molecule has 2 atom stereocenters. The molecule has 0 heterocycles. The van der Waals surface area contributed by atoms with Crippen LogP contribution in [-0.2, 0) is 4.74 Å². The van der Waals surface area contributed by atoms with E-state index in [0.717, 1.165) is 12.5 Å². The van der Waals surface area contributed by atoms with Crippen molar-refractivity contribution >= 4 is 0 Å². The van der Waals surface area contributed by atoms with Gasteiger partial charge < -0.3 is 15.2 Å². The van der Waals surface area contributed by atoms with Gasteiger partial charge in [0.2, 0.25) is 0 Å². The molecule has 0 aromatic rings. The third-order valence-corrected chi connectivity index (χ3v) is 3.07. The van der Waals surface area contributed by atoms with Crippen molar-refractivity contribution in [3.8, 4) is 0 Å². The standard InChI is InChI=1S/C11H23NO2/c1-2-10-4-3-5-11(10)12-6-8-14-9-7-13/h10-13H,2-9H2,1H3. The Balaban J connectivity index is 2.00. The molecule has 0 amide bonds. The molecule has 0 aliphatic heterocycles. The van der Waals surface area contributed by atoms with Crippen LogP contribution < -0.4 is 5.32 Å². The largest absolute Gasteiger partial charge is 0.394 e. The van der Waals surface area contributed by atoms with Crippen LogP contribution in [0.3, 0.4) is 0 Å². The van der Waals surface area contributed by atoms with Crippen molar-refractivity contribution in [2.45, 2.75) is 38.6 Å². The Bertz CT molecular complexity index is 141. The van der Waals surface area contributed by atoms with Crippen molar-refractivity contribution in [3.63, 3.8) is 0 Å². The highest BCUT2D eigenvalue weighted by molar-refractivity contribution is 4.81. The lowest BCUT2D eigenvalue weighted by molar-refractivity contribution is 0.0918. The molecule has 0 aromatic carbocycles. The minimum atomic E-state index is 0.126. The van der Waals surface area contributed by atoms with Crippen LogP contribution in [0.2, 0.25) is 0 Å². The fraction of sp³-hybridized carbons (Fsp3) is 1.00. The summed E-state index contributed by atoms with van der Waals surface area (Å²) in [5.74, 6) is 0.868. The normalized spacial score (nSPS) is 27.0. The first kappa shape index (κ1) is 12.0. The molecule has 0 bridgehead atoms. The zero-order valence-corrected chi connectivity index (χ0v) is 9.17. The first-order chi connectivity index (χ1) is 6.88. The summed E-state index contributed by atoms with van der Waals surface area (Å²) in [5.41, 5.74) is 0. The van der Waals surface area contributed by atoms with Gasteiger partial charge in [0.15, 0.2) is 0 Å². The fourth-order valence-corrected chi connectivity index (χ4v) is 2.28. The van der Waals surface area contributed by atoms with E-state index in [0.29, 0.717) is 19.3 Å². The van der Waals surface area contributed by atoms with E-state index in [9.17, 15) is 0 Å². The molecule has 2 N–H and O–H groups in total. The van der Waals surface area contributed by atoms with Crippen LogP contribution in [-0.4, -0.2) is 37.5 Å². The van der Waals surface area contributed by atoms with Crippen LogP contribution in [0.4, 0.5) is 0 Å². The monoisotopic (exact) mass is 201 g/mol. The van der Waals surface area contributed by atoms with Gasteiger partial charge in [-0.05, 0) is 18.8 Å². The van der Waals surface area contributed by atoms with Crippen molar-refractivity contribution in [2.24, 2.45) is 5.92 Å². The van der Waals surface area contributed by atoms with E-state index >= 15 is 0 Å². The summed E-state index contributed by atoms with van der Waals surface area (Å²) in [6.45, 7) is 4.49. The minimum Gasteiger partial charge on any atom is -0.394 e. The molecule has 2 unspecified atom stereocenters. The molecule has 0 aromatic heterocycles. The molecule has 0 radical (unpaired) electrons. The number of aliphatic hydroxyl groups excluding tert-OH is 1. The minimum absolute atomic E-state index is 0.126. The van der Waals surface area contributed by atoms with Gasteiger partial charge in [-0.2, -0.15) is 0 Å². The van der Waals surface area contributed by atoms with E-state index < -0.39 is 0 Å². The van der Waals surface area contributed by atoms with Gasteiger partial charge in [0.05, 0.1) is 19.8 Å². The number of hydrogen-bond acceptors (Lipinski definition) is 3. The van der Waals surface area contributed by atoms with Gasteiger partial charge >= 0.3 is 0 Å². The Morgan fingerprint density at radius 3 is 2.93 bits per heavy atom. The highest BCUT2D eigenvalue weighted by Crippen LogP contribution is 2.27. The summed E-state index contributed by atoms with van der Waals surface area (Å²) < 4.78 is 5.20. The predicted molar refractivity (Wildman–Crippen MR) is 57.3 cm³/mol. The molecule has 1 rings (SSSR count). The molecule has 1 fully saturated rings. The summed E-state index contributed by atoms with van der Waals surface area (Å²) in [4.78, 5) is 0. The van der Waals surface area contributed by atoms with E-state index in [1.54, 1.807) is 0 Å². The Morgan fingerprint density at radius 1 is 1.36 bits per heavy atom. The Kier molecular flexibility index (Phi) is 6.15. The van der Waals surface area contributed by atoms with E-state index in [-0.39, 0.29) is 6.61 Å². The number of aliphatic hydroxyl groups is 1. The molecule has 3 heteroatoms. The second kappa shape index (κ2) is 7.21. The van der Waals surface area contributed by atoms with Crippen LogP contribution in [0.15, 0.2) is 0 Å². The van der Waals surface area contributed by atoms with Gasteiger partial charge in [0.25, 0.3) is 0 Å². The Labute approximate surface area is 86.8 Å². The maximum Gasteiger partial charge on any atom is 0.0698 e. The zero-order chi connectivity index (χ0) is 10.2. The molecular weight excluding hydrogens is 178 g/mol. The molecule has 0 saturated heterocycles. The predicted octanol–water partition coefficient (Wildman–Crippen LogP) is 1.16. The smallest absolute Gasteiger partial charge is 0.0698 e. The first-order valence-corrected chi connectivity index (χ1v) is 5.80. The van der Waals surface area contributed by atoms with Gasteiger partial charge in [0.1, 0.15) is 0 Å². The number of hydrogen-bond donors (Lipinski definition) is 2. The van der Waals surface area contributed by atoms with Crippen LogP contribution in [0.25, 0.3) is 0 Å². The van der Waals surface area contributed by atoms with Crippen molar-refractivity contribution in [2.75, 3.05) is 26.4 Å². The number of nitrogens with one attached hydrogen (secondary N) is 1. The summed E-state index contributed by atoms with van der Waals surface area (Å²) in [5, 5.41) is 12.0. The second-order valence-electron chi connectivity index (χ2n) is 4.00. The lowest BCUT2D eigenvalue weighted by atomic mass is 10.0. The second-order valence-corrected chi connectivity index (χ2v) is 4.00. The highest BCUT2D eigenvalue weighted by atomic mass is 16.5. The van der Waals surface area contributed by atoms with E-state index in [1.165, 1.54) is 25.7 Å². The maximum absolute atomic E-state index is 8.51. The summed E-state index contributed by atoms with van der Waals surface area (Å²) in [6.07, 6.45) is 5.35. The van der Waals surface area contributed by atoms with Crippen molar-refractivity contribution in [3.05, 3.63) is 0 Å². The van der Waals surface area contributed by atoms with E-state index in [1.807, 2.05) is 0 Å². The van der Waals surface area contributed by atoms with Gasteiger partial charge in [-0.3, -0.25) is 0 Å². The quantitative estimate of drug-likeness (QED) is 0.607. The average Bonchev–Trinajstić information content (AvgIpc) is 2.65. The Hall–Kier alpha value is -0.120. The van der Waals surface area contributed by atoms with Crippen LogP contribution in [0.5, 0.6) is 0 Å². The average molecular weight is 201 g/mol. The van der Waals surface area contributed by atoms with E-state index in [4.69, 9.17) is 9.84 Å². The zero-order valence-electron chi connectivity index (χ0n) is 9.17.